The predicted octanol–water partition coefficient (Wildman–Crippen LogP) is 4.49. The minimum absolute atomic E-state index is 0.0492. The molecule has 0 radical (unpaired) electrons. The highest BCUT2D eigenvalue weighted by Crippen LogP contribution is 2.35. The van der Waals surface area contributed by atoms with Crippen LogP contribution in [0.15, 0.2) is 60.7 Å². The summed E-state index contributed by atoms with van der Waals surface area (Å²) in [6.45, 7) is 8.80. The van der Waals surface area contributed by atoms with Crippen molar-refractivity contribution in [3.63, 3.8) is 0 Å². The molecule has 1 amide bonds. The highest BCUT2D eigenvalue weighted by molar-refractivity contribution is 5.96. The van der Waals surface area contributed by atoms with Crippen LogP contribution >= 0.6 is 0 Å². The number of amides is 1. The maximum Gasteiger partial charge on any atom is 0.254 e. The lowest BCUT2D eigenvalue weighted by molar-refractivity contribution is -0.0279. The summed E-state index contributed by atoms with van der Waals surface area (Å²) in [4.78, 5) is 20.0. The number of benzene rings is 3. The molecule has 40 heavy (non-hydrogen) atoms. The van der Waals surface area contributed by atoms with E-state index in [9.17, 15) is 20.4 Å². The largest absolute Gasteiger partial charge is 0.385 e. The van der Waals surface area contributed by atoms with Gasteiger partial charge in [0.2, 0.25) is 0 Å². The fourth-order valence-corrected chi connectivity index (χ4v) is 6.04. The van der Waals surface area contributed by atoms with Crippen LogP contribution in [0.1, 0.15) is 56.6 Å². The highest BCUT2D eigenvalue weighted by atomic mass is 16.3. The second kappa shape index (κ2) is 11.5. The lowest BCUT2D eigenvalue weighted by atomic mass is 9.82. The normalized spacial score (nSPS) is 17.2. The Morgan fingerprint density at radius 3 is 2.15 bits per heavy atom. The Kier molecular flexibility index (Phi) is 7.89. The van der Waals surface area contributed by atoms with Gasteiger partial charge in [-0.05, 0) is 67.6 Å². The summed E-state index contributed by atoms with van der Waals surface area (Å²) in [5, 5.41) is 30.3. The van der Waals surface area contributed by atoms with Crippen LogP contribution in [0.3, 0.4) is 0 Å². The number of carbonyl (C=O) groups excluding carboxylic acids is 1. The molecule has 5 rings (SSSR count). The van der Waals surface area contributed by atoms with E-state index >= 15 is 0 Å². The van der Waals surface area contributed by atoms with E-state index in [0.29, 0.717) is 75.3 Å². The van der Waals surface area contributed by atoms with Gasteiger partial charge in [0, 0.05) is 56.9 Å². The van der Waals surface area contributed by atoms with Gasteiger partial charge in [0.05, 0.1) is 28.5 Å². The number of piperazine rings is 1. The Morgan fingerprint density at radius 2 is 1.48 bits per heavy atom. The summed E-state index contributed by atoms with van der Waals surface area (Å²) >= 11 is 0. The first-order chi connectivity index (χ1) is 19.3. The summed E-state index contributed by atoms with van der Waals surface area (Å²) in [6.07, 6.45) is 1.11. The molecule has 3 aromatic rings. The number of anilines is 1. The molecule has 2 aliphatic heterocycles. The molecule has 0 aromatic heterocycles. The monoisotopic (exact) mass is 533 g/mol. The zero-order valence-electron chi connectivity index (χ0n) is 23.2. The molecule has 204 valence electrons. The molecule has 2 saturated heterocycles. The summed E-state index contributed by atoms with van der Waals surface area (Å²) < 4.78 is 0. The Balaban J connectivity index is 1.25. The Bertz CT molecular complexity index is 1490. The Morgan fingerprint density at radius 1 is 0.850 bits per heavy atom. The average molecular weight is 534 g/mol. The predicted molar refractivity (Wildman–Crippen MR) is 155 cm³/mol. The number of aryl methyl sites for hydroxylation is 2. The first-order valence-electron chi connectivity index (χ1n) is 13.9. The molecule has 2 fully saturated rings. The number of nitrogens with zero attached hydrogens (tertiary/aromatic N) is 5. The van der Waals surface area contributed by atoms with Crippen molar-refractivity contribution < 1.29 is 9.90 Å². The SMILES string of the molecule is Cc1cc(C)c(C(=O)N2CCN(c3ccccc3C#N)CC2)cc1CN1CCC(O)(c2ccccc2C#N)CC1. The van der Waals surface area contributed by atoms with E-state index in [0.717, 1.165) is 27.9 Å². The minimum Gasteiger partial charge on any atom is -0.385 e. The molecule has 2 heterocycles. The zero-order chi connectivity index (χ0) is 28.3. The van der Waals surface area contributed by atoms with Gasteiger partial charge in [0.15, 0.2) is 0 Å². The van der Waals surface area contributed by atoms with Crippen molar-refractivity contribution in [2.75, 3.05) is 44.2 Å². The van der Waals surface area contributed by atoms with Crippen LogP contribution in [0.2, 0.25) is 0 Å². The fraction of sp³-hybridized carbons (Fsp3) is 0.364. The van der Waals surface area contributed by atoms with Gasteiger partial charge in [0.1, 0.15) is 6.07 Å². The van der Waals surface area contributed by atoms with E-state index in [4.69, 9.17) is 0 Å². The van der Waals surface area contributed by atoms with Crippen LogP contribution in [0, 0.1) is 36.5 Å². The molecule has 0 aliphatic carbocycles. The second-order valence-electron chi connectivity index (χ2n) is 11.0. The van der Waals surface area contributed by atoms with E-state index in [1.54, 1.807) is 6.07 Å². The van der Waals surface area contributed by atoms with Gasteiger partial charge in [-0.1, -0.05) is 36.4 Å². The number of hydrogen-bond acceptors (Lipinski definition) is 6. The lowest BCUT2D eigenvalue weighted by Gasteiger charge is -2.39. The van der Waals surface area contributed by atoms with Crippen molar-refractivity contribution in [2.24, 2.45) is 0 Å². The van der Waals surface area contributed by atoms with Crippen molar-refractivity contribution in [1.29, 1.82) is 10.5 Å². The maximum absolute atomic E-state index is 13.6. The molecular weight excluding hydrogens is 498 g/mol. The third-order valence-corrected chi connectivity index (χ3v) is 8.47. The van der Waals surface area contributed by atoms with Crippen LogP contribution in [0.4, 0.5) is 5.69 Å². The Labute approximate surface area is 236 Å². The molecule has 0 bridgehead atoms. The molecule has 7 heteroatoms. The van der Waals surface area contributed by atoms with E-state index < -0.39 is 5.60 Å². The number of para-hydroxylation sites is 1. The van der Waals surface area contributed by atoms with Crippen LogP contribution in [0.5, 0.6) is 0 Å². The summed E-state index contributed by atoms with van der Waals surface area (Å²) in [5.74, 6) is 0.0492. The number of rotatable bonds is 5. The van der Waals surface area contributed by atoms with Crippen molar-refractivity contribution in [2.45, 2.75) is 38.8 Å². The number of aliphatic hydroxyl groups is 1. The topological polar surface area (TPSA) is 94.6 Å². The van der Waals surface area contributed by atoms with Crippen molar-refractivity contribution in [3.8, 4) is 12.1 Å². The van der Waals surface area contributed by atoms with Gasteiger partial charge in [-0.25, -0.2) is 0 Å². The Hall–Kier alpha value is -4.17. The zero-order valence-corrected chi connectivity index (χ0v) is 23.2. The van der Waals surface area contributed by atoms with Gasteiger partial charge >= 0.3 is 0 Å². The number of piperidine rings is 1. The number of hydrogen-bond donors (Lipinski definition) is 1. The molecular formula is C33H35N5O2. The molecule has 2 aliphatic rings. The maximum atomic E-state index is 13.6. The molecule has 3 aromatic carbocycles. The number of nitriles is 2. The average Bonchev–Trinajstić information content (AvgIpc) is 2.99. The molecule has 7 nitrogen and oxygen atoms in total. The van der Waals surface area contributed by atoms with E-state index in [-0.39, 0.29) is 5.91 Å². The van der Waals surface area contributed by atoms with Crippen LogP contribution < -0.4 is 4.90 Å². The van der Waals surface area contributed by atoms with Gasteiger partial charge in [-0.3, -0.25) is 9.69 Å². The number of carbonyl (C=O) groups is 1. The van der Waals surface area contributed by atoms with Crippen LogP contribution in [0.25, 0.3) is 0 Å². The third kappa shape index (κ3) is 5.45. The van der Waals surface area contributed by atoms with Gasteiger partial charge in [-0.2, -0.15) is 10.5 Å². The van der Waals surface area contributed by atoms with E-state index in [1.165, 1.54) is 0 Å². The lowest BCUT2D eigenvalue weighted by Crippen LogP contribution is -2.49. The van der Waals surface area contributed by atoms with Crippen molar-refractivity contribution >= 4 is 11.6 Å². The molecule has 0 unspecified atom stereocenters. The van der Waals surface area contributed by atoms with Gasteiger partial charge < -0.3 is 14.9 Å². The van der Waals surface area contributed by atoms with Gasteiger partial charge in [0.25, 0.3) is 5.91 Å². The fourth-order valence-electron chi connectivity index (χ4n) is 6.04. The first kappa shape index (κ1) is 27.4. The van der Waals surface area contributed by atoms with E-state index in [2.05, 4.69) is 41.0 Å². The standard InChI is InChI=1S/C33H35N5O2/c1-24-19-25(2)29(32(39)38-17-15-37(16-18-38)31-10-6-4-8-27(31)22-35)20-28(24)23-36-13-11-33(40,12-14-36)30-9-5-3-7-26(30)21-34/h3-10,19-20,40H,11-18,23H2,1-2H3. The van der Waals surface area contributed by atoms with Crippen LogP contribution in [-0.4, -0.2) is 60.1 Å². The summed E-state index contributed by atoms with van der Waals surface area (Å²) in [6, 6.07) is 23.6. The smallest absolute Gasteiger partial charge is 0.254 e. The van der Waals surface area contributed by atoms with E-state index in [1.807, 2.05) is 54.3 Å². The molecule has 0 saturated carbocycles. The van der Waals surface area contributed by atoms with Crippen LogP contribution in [-0.2, 0) is 12.1 Å². The minimum atomic E-state index is -0.998. The molecule has 1 N–H and O–H groups in total. The molecule has 0 spiro atoms. The van der Waals surface area contributed by atoms with Crippen molar-refractivity contribution in [3.05, 3.63) is 99.6 Å². The number of likely N-dealkylation sites (tertiary alicyclic amines) is 1. The quantitative estimate of drug-likeness (QED) is 0.519. The first-order valence-corrected chi connectivity index (χ1v) is 13.9. The summed E-state index contributed by atoms with van der Waals surface area (Å²) in [7, 11) is 0. The summed E-state index contributed by atoms with van der Waals surface area (Å²) in [5.41, 5.74) is 5.83. The second-order valence-corrected chi connectivity index (χ2v) is 11.0. The third-order valence-electron chi connectivity index (χ3n) is 8.47. The van der Waals surface area contributed by atoms with Gasteiger partial charge in [-0.15, -0.1) is 0 Å². The highest BCUT2D eigenvalue weighted by Gasteiger charge is 2.36. The van der Waals surface area contributed by atoms with Crippen molar-refractivity contribution in [1.82, 2.24) is 9.80 Å². The molecule has 0 atom stereocenters.